The van der Waals surface area contributed by atoms with E-state index in [-0.39, 0.29) is 17.7 Å². The molecule has 1 aromatic carbocycles. The van der Waals surface area contributed by atoms with Crippen LogP contribution in [0, 0.1) is 11.3 Å². The summed E-state index contributed by atoms with van der Waals surface area (Å²) in [4.78, 5) is 13.6. The molecule has 1 amide bonds. The van der Waals surface area contributed by atoms with E-state index < -0.39 is 0 Å². The van der Waals surface area contributed by atoms with E-state index in [2.05, 4.69) is 6.07 Å². The Labute approximate surface area is 93.7 Å². The van der Waals surface area contributed by atoms with Gasteiger partial charge in [0.25, 0.3) is 5.91 Å². The maximum atomic E-state index is 12.0. The first-order chi connectivity index (χ1) is 7.72. The molecule has 4 heteroatoms. The number of benzene rings is 1. The van der Waals surface area contributed by atoms with Crippen molar-refractivity contribution in [3.05, 3.63) is 29.8 Å². The van der Waals surface area contributed by atoms with Gasteiger partial charge < -0.3 is 10.0 Å². The lowest BCUT2D eigenvalue weighted by atomic mass is 10.1. The van der Waals surface area contributed by atoms with E-state index in [0.29, 0.717) is 12.1 Å². The lowest BCUT2D eigenvalue weighted by Gasteiger charge is -2.19. The van der Waals surface area contributed by atoms with Gasteiger partial charge in [-0.15, -0.1) is 0 Å². The summed E-state index contributed by atoms with van der Waals surface area (Å²) in [6, 6.07) is 7.93. The highest BCUT2D eigenvalue weighted by Gasteiger charge is 2.28. The first-order valence-corrected chi connectivity index (χ1v) is 5.22. The molecule has 4 nitrogen and oxygen atoms in total. The molecule has 2 rings (SSSR count). The van der Waals surface area contributed by atoms with Crippen molar-refractivity contribution < 1.29 is 9.90 Å². The lowest BCUT2D eigenvalue weighted by Crippen LogP contribution is -2.34. The molecule has 82 valence electrons. The summed E-state index contributed by atoms with van der Waals surface area (Å²) in [5.74, 6) is -0.00106. The predicted molar refractivity (Wildman–Crippen MR) is 57.8 cm³/mol. The summed E-state index contributed by atoms with van der Waals surface area (Å²) in [5.41, 5.74) is 0.514. The third-order valence-electron chi connectivity index (χ3n) is 2.78. The second-order valence-corrected chi connectivity index (χ2v) is 3.83. The van der Waals surface area contributed by atoms with Gasteiger partial charge in [-0.2, -0.15) is 5.26 Å². The van der Waals surface area contributed by atoms with E-state index in [1.165, 1.54) is 12.1 Å². The standard InChI is InChI=1S/C12H12N2O2/c13-8-10-2-1-7-14(10)12(16)9-3-5-11(15)6-4-9/h3-6,10,15H,1-2,7H2. The number of hydrogen-bond acceptors (Lipinski definition) is 3. The van der Waals surface area contributed by atoms with E-state index in [9.17, 15) is 4.79 Å². The van der Waals surface area contributed by atoms with Crippen LogP contribution in [0.4, 0.5) is 0 Å². The van der Waals surface area contributed by atoms with E-state index in [4.69, 9.17) is 10.4 Å². The smallest absolute Gasteiger partial charge is 0.254 e. The van der Waals surface area contributed by atoms with Crippen LogP contribution in [-0.2, 0) is 0 Å². The van der Waals surface area contributed by atoms with Crippen molar-refractivity contribution in [2.75, 3.05) is 6.54 Å². The minimum absolute atomic E-state index is 0.134. The normalized spacial score (nSPS) is 19.4. The van der Waals surface area contributed by atoms with Crippen LogP contribution in [0.1, 0.15) is 23.2 Å². The number of nitrogens with zero attached hydrogens (tertiary/aromatic N) is 2. The number of hydrogen-bond donors (Lipinski definition) is 1. The van der Waals surface area contributed by atoms with Crippen molar-refractivity contribution in [3.63, 3.8) is 0 Å². The minimum Gasteiger partial charge on any atom is -0.508 e. The molecule has 1 fully saturated rings. The quantitative estimate of drug-likeness (QED) is 0.774. The van der Waals surface area contributed by atoms with E-state index in [1.54, 1.807) is 17.0 Å². The van der Waals surface area contributed by atoms with Gasteiger partial charge in [0.2, 0.25) is 0 Å². The highest BCUT2D eigenvalue weighted by molar-refractivity contribution is 5.94. The Hall–Kier alpha value is -2.02. The van der Waals surface area contributed by atoms with Crippen molar-refractivity contribution in [2.24, 2.45) is 0 Å². The summed E-state index contributed by atoms with van der Waals surface area (Å²) in [5, 5.41) is 18.0. The fraction of sp³-hybridized carbons (Fsp3) is 0.333. The first-order valence-electron chi connectivity index (χ1n) is 5.22. The Morgan fingerprint density at radius 3 is 2.75 bits per heavy atom. The van der Waals surface area contributed by atoms with Gasteiger partial charge in [-0.1, -0.05) is 0 Å². The molecule has 1 aliphatic heterocycles. The van der Waals surface area contributed by atoms with Gasteiger partial charge in [-0.05, 0) is 37.1 Å². The molecule has 1 N–H and O–H groups in total. The van der Waals surface area contributed by atoms with Crippen LogP contribution in [0.3, 0.4) is 0 Å². The van der Waals surface area contributed by atoms with Gasteiger partial charge in [0, 0.05) is 12.1 Å². The number of nitriles is 1. The zero-order valence-electron chi connectivity index (χ0n) is 8.76. The Bertz CT molecular complexity index is 433. The van der Waals surface area contributed by atoms with Crippen LogP contribution in [0.15, 0.2) is 24.3 Å². The topological polar surface area (TPSA) is 64.3 Å². The van der Waals surface area contributed by atoms with E-state index >= 15 is 0 Å². The summed E-state index contributed by atoms with van der Waals surface area (Å²) in [6.07, 6.45) is 1.63. The van der Waals surface area contributed by atoms with Gasteiger partial charge in [0.1, 0.15) is 11.8 Å². The molecule has 0 radical (unpaired) electrons. The van der Waals surface area contributed by atoms with Crippen molar-refractivity contribution in [3.8, 4) is 11.8 Å². The average Bonchev–Trinajstić information content (AvgIpc) is 2.77. The maximum Gasteiger partial charge on any atom is 0.254 e. The van der Waals surface area contributed by atoms with Crippen LogP contribution >= 0.6 is 0 Å². The molecule has 1 atom stereocenters. The molecule has 0 aliphatic carbocycles. The second-order valence-electron chi connectivity index (χ2n) is 3.83. The van der Waals surface area contributed by atoms with E-state index in [1.807, 2.05) is 0 Å². The highest BCUT2D eigenvalue weighted by atomic mass is 16.3. The van der Waals surface area contributed by atoms with Crippen LogP contribution in [0.25, 0.3) is 0 Å². The number of amides is 1. The van der Waals surface area contributed by atoms with Crippen LogP contribution < -0.4 is 0 Å². The third kappa shape index (κ3) is 1.84. The monoisotopic (exact) mass is 216 g/mol. The molecular formula is C12H12N2O2. The fourth-order valence-electron chi connectivity index (χ4n) is 1.91. The summed E-state index contributed by atoms with van der Waals surface area (Å²) >= 11 is 0. The molecule has 1 aromatic rings. The molecule has 1 unspecified atom stereocenters. The molecular weight excluding hydrogens is 204 g/mol. The number of phenolic OH excluding ortho intramolecular Hbond substituents is 1. The van der Waals surface area contributed by atoms with Gasteiger partial charge in [0.05, 0.1) is 6.07 Å². The number of aromatic hydroxyl groups is 1. The fourth-order valence-corrected chi connectivity index (χ4v) is 1.91. The number of rotatable bonds is 1. The Morgan fingerprint density at radius 1 is 1.44 bits per heavy atom. The molecule has 16 heavy (non-hydrogen) atoms. The molecule has 0 bridgehead atoms. The SMILES string of the molecule is N#CC1CCCN1C(=O)c1ccc(O)cc1. The van der Waals surface area contributed by atoms with E-state index in [0.717, 1.165) is 12.8 Å². The largest absolute Gasteiger partial charge is 0.508 e. The average molecular weight is 216 g/mol. The molecule has 1 aliphatic rings. The number of carbonyl (C=O) groups is 1. The Kier molecular flexibility index (Phi) is 2.78. The number of likely N-dealkylation sites (tertiary alicyclic amines) is 1. The second kappa shape index (κ2) is 4.23. The van der Waals surface area contributed by atoms with Crippen molar-refractivity contribution >= 4 is 5.91 Å². The van der Waals surface area contributed by atoms with Crippen molar-refractivity contribution in [1.29, 1.82) is 5.26 Å². The Morgan fingerprint density at radius 2 is 2.12 bits per heavy atom. The maximum absolute atomic E-state index is 12.0. The zero-order chi connectivity index (χ0) is 11.5. The summed E-state index contributed by atoms with van der Waals surface area (Å²) in [7, 11) is 0. The van der Waals surface area contributed by atoms with Gasteiger partial charge in [-0.3, -0.25) is 4.79 Å². The van der Waals surface area contributed by atoms with Gasteiger partial charge in [-0.25, -0.2) is 0 Å². The van der Waals surface area contributed by atoms with Crippen LogP contribution in [-0.4, -0.2) is 28.5 Å². The minimum atomic E-state index is -0.304. The van der Waals surface area contributed by atoms with Gasteiger partial charge in [0.15, 0.2) is 0 Å². The number of carbonyl (C=O) groups excluding carboxylic acids is 1. The molecule has 0 saturated carbocycles. The van der Waals surface area contributed by atoms with Crippen LogP contribution in [0.2, 0.25) is 0 Å². The third-order valence-corrected chi connectivity index (χ3v) is 2.78. The first kappa shape index (κ1) is 10.5. The predicted octanol–water partition coefficient (Wildman–Crippen LogP) is 1.52. The summed E-state index contributed by atoms with van der Waals surface area (Å²) < 4.78 is 0. The lowest BCUT2D eigenvalue weighted by molar-refractivity contribution is 0.0765. The zero-order valence-corrected chi connectivity index (χ0v) is 8.76. The molecule has 1 heterocycles. The molecule has 0 aromatic heterocycles. The van der Waals surface area contributed by atoms with Crippen LogP contribution in [0.5, 0.6) is 5.75 Å². The molecule has 1 saturated heterocycles. The summed E-state index contributed by atoms with van der Waals surface area (Å²) in [6.45, 7) is 0.637. The van der Waals surface area contributed by atoms with Crippen molar-refractivity contribution in [2.45, 2.75) is 18.9 Å². The Balaban J connectivity index is 2.19. The molecule has 0 spiro atoms. The highest BCUT2D eigenvalue weighted by Crippen LogP contribution is 2.20. The number of phenols is 1. The van der Waals surface area contributed by atoms with Gasteiger partial charge >= 0.3 is 0 Å². The van der Waals surface area contributed by atoms with Crippen molar-refractivity contribution in [1.82, 2.24) is 4.90 Å².